The number of carbonyl (C=O) groups excluding carboxylic acids is 6. The van der Waals surface area contributed by atoms with Crippen molar-refractivity contribution >= 4 is 41.4 Å². The molecule has 0 aliphatic rings. The number of benzene rings is 2. The van der Waals surface area contributed by atoms with Gasteiger partial charge in [0.15, 0.2) is 12.4 Å². The third-order valence-corrected chi connectivity index (χ3v) is 7.18. The van der Waals surface area contributed by atoms with Gasteiger partial charge in [-0.2, -0.15) is 0 Å². The number of aromatic hydroxyl groups is 1. The molecule has 0 bridgehead atoms. The molecule has 0 spiro atoms. The molecule has 0 heterocycles. The Morgan fingerprint density at radius 1 is 0.766 bits per heavy atom. The van der Waals surface area contributed by atoms with Crippen LogP contribution in [0.25, 0.3) is 0 Å². The summed E-state index contributed by atoms with van der Waals surface area (Å²) in [6.07, 6.45) is -0.738. The van der Waals surface area contributed by atoms with Gasteiger partial charge >= 0.3 is 11.9 Å². The Labute approximate surface area is 272 Å². The van der Waals surface area contributed by atoms with Crippen LogP contribution in [0.5, 0.6) is 5.75 Å². The number of phenolic OH excluding ortho intramolecular Hbond substituents is 1. The van der Waals surface area contributed by atoms with Crippen LogP contribution in [0.2, 0.25) is 0 Å². The summed E-state index contributed by atoms with van der Waals surface area (Å²) in [5, 5.41) is 28.7. The van der Waals surface area contributed by atoms with E-state index in [0.717, 1.165) is 0 Å². The van der Waals surface area contributed by atoms with Gasteiger partial charge in [-0.3, -0.25) is 28.8 Å². The van der Waals surface area contributed by atoms with E-state index in [0.29, 0.717) is 16.7 Å². The normalized spacial score (nSPS) is 13.3. The zero-order valence-corrected chi connectivity index (χ0v) is 27.2. The highest BCUT2D eigenvalue weighted by Gasteiger charge is 2.32. The minimum atomic E-state index is -1.57. The molecule has 0 aliphatic carbocycles. The molecular weight excluding hydrogens is 612 g/mol. The lowest BCUT2D eigenvalue weighted by molar-refractivity contribution is -0.141. The number of hydrogen-bond donors (Lipinski definition) is 6. The van der Waals surface area contributed by atoms with Crippen LogP contribution in [0.4, 0.5) is 0 Å². The second-order valence-corrected chi connectivity index (χ2v) is 11.6. The van der Waals surface area contributed by atoms with Crippen molar-refractivity contribution in [3.8, 4) is 5.75 Å². The fraction of sp³-hybridized carbons (Fsp3) is 0.424. The van der Waals surface area contributed by atoms with E-state index in [9.17, 15) is 43.8 Å². The molecule has 2 aromatic carbocycles. The number of carboxylic acid groups (broad SMARTS) is 1. The fourth-order valence-corrected chi connectivity index (χ4v) is 4.64. The first kappa shape index (κ1) is 37.9. The summed E-state index contributed by atoms with van der Waals surface area (Å²) in [4.78, 5) is 88.0. The summed E-state index contributed by atoms with van der Waals surface area (Å²) in [5.74, 6) is -6.27. The van der Waals surface area contributed by atoms with E-state index >= 15 is 0 Å². The zero-order chi connectivity index (χ0) is 35.4. The molecule has 0 saturated heterocycles. The second kappa shape index (κ2) is 17.4. The van der Waals surface area contributed by atoms with Gasteiger partial charge in [0.25, 0.3) is 0 Å². The van der Waals surface area contributed by atoms with Gasteiger partial charge in [-0.1, -0.05) is 44.2 Å². The standard InChI is InChI=1S/C33H42N4O10/c1-17(2)29(37-31(44)25(35-21(6)38)14-22-10-12-23(39)13-11-22)32(45)34-20(5)30(43)36-24(15-27(41)42)26(40)16-47-33(46)28-18(3)8-7-9-19(28)4/h7-13,17,20,24-25,29,39H,14-16H2,1-6H3,(H,34,45)(H,35,38)(H,36,43)(H,37,44)(H,41,42)/t20-,24+,25-,29-/m1/s1. The van der Waals surface area contributed by atoms with Crippen molar-refractivity contribution in [2.75, 3.05) is 6.61 Å². The van der Waals surface area contributed by atoms with Crippen molar-refractivity contribution < 1.29 is 48.5 Å². The highest BCUT2D eigenvalue weighted by atomic mass is 16.5. The second-order valence-electron chi connectivity index (χ2n) is 11.6. The van der Waals surface area contributed by atoms with Crippen LogP contribution in [0.3, 0.4) is 0 Å². The van der Waals surface area contributed by atoms with Gasteiger partial charge < -0.3 is 36.2 Å². The van der Waals surface area contributed by atoms with Gasteiger partial charge in [0.2, 0.25) is 23.6 Å². The third-order valence-electron chi connectivity index (χ3n) is 7.18. The first-order valence-corrected chi connectivity index (χ1v) is 14.9. The lowest BCUT2D eigenvalue weighted by atomic mass is 10.0. The molecule has 47 heavy (non-hydrogen) atoms. The van der Waals surface area contributed by atoms with Crippen molar-refractivity contribution in [1.82, 2.24) is 21.3 Å². The molecule has 0 unspecified atom stereocenters. The Morgan fingerprint density at radius 2 is 1.36 bits per heavy atom. The van der Waals surface area contributed by atoms with E-state index in [1.165, 1.54) is 26.0 Å². The summed E-state index contributed by atoms with van der Waals surface area (Å²) in [6, 6.07) is 6.15. The number of amides is 4. The summed E-state index contributed by atoms with van der Waals surface area (Å²) >= 11 is 0. The van der Waals surface area contributed by atoms with Gasteiger partial charge in [-0.25, -0.2) is 4.79 Å². The average Bonchev–Trinajstić information content (AvgIpc) is 2.98. The van der Waals surface area contributed by atoms with Crippen molar-refractivity contribution in [3.63, 3.8) is 0 Å². The molecule has 14 heteroatoms. The minimum Gasteiger partial charge on any atom is -0.508 e. The monoisotopic (exact) mass is 654 g/mol. The van der Waals surface area contributed by atoms with Gasteiger partial charge in [0, 0.05) is 13.3 Å². The van der Waals surface area contributed by atoms with Crippen LogP contribution in [-0.4, -0.2) is 82.3 Å². The first-order chi connectivity index (χ1) is 22.0. The van der Waals surface area contributed by atoms with E-state index < -0.39 is 84.5 Å². The van der Waals surface area contributed by atoms with Crippen LogP contribution in [-0.2, 0) is 39.9 Å². The molecule has 0 fully saturated rings. The van der Waals surface area contributed by atoms with E-state index in [1.807, 2.05) is 0 Å². The number of aryl methyl sites for hydroxylation is 2. The Balaban J connectivity index is 2.07. The summed E-state index contributed by atoms with van der Waals surface area (Å²) in [6.45, 7) is 8.45. The Hall–Kier alpha value is -5.27. The van der Waals surface area contributed by atoms with Crippen molar-refractivity contribution in [3.05, 3.63) is 64.7 Å². The van der Waals surface area contributed by atoms with Gasteiger partial charge in [-0.15, -0.1) is 0 Å². The van der Waals surface area contributed by atoms with Crippen LogP contribution in [0, 0.1) is 19.8 Å². The molecule has 4 atom stereocenters. The van der Waals surface area contributed by atoms with Crippen molar-refractivity contribution in [2.24, 2.45) is 5.92 Å². The maximum atomic E-state index is 13.2. The summed E-state index contributed by atoms with van der Waals surface area (Å²) in [7, 11) is 0. The van der Waals surface area contributed by atoms with E-state index in [1.54, 1.807) is 58.0 Å². The molecule has 2 aromatic rings. The van der Waals surface area contributed by atoms with Crippen LogP contribution in [0.1, 0.15) is 61.2 Å². The topological polar surface area (TPSA) is 217 Å². The quantitative estimate of drug-likeness (QED) is 0.142. The number of aliphatic carboxylic acids is 1. The molecular formula is C33H42N4O10. The summed E-state index contributed by atoms with van der Waals surface area (Å²) < 4.78 is 5.12. The van der Waals surface area contributed by atoms with Gasteiger partial charge in [0.1, 0.15) is 29.9 Å². The number of carbonyl (C=O) groups is 7. The SMILES string of the molecule is CC(=O)N[C@H](Cc1ccc(O)cc1)C(=O)N[C@@H](C(=O)N[C@H](C)C(=O)N[C@@H](CC(=O)O)C(=O)COC(=O)c1c(C)cccc1C)C(C)C. The lowest BCUT2D eigenvalue weighted by Gasteiger charge is -2.27. The number of carboxylic acids is 1. The smallest absolute Gasteiger partial charge is 0.339 e. The molecule has 0 radical (unpaired) electrons. The third kappa shape index (κ3) is 11.9. The predicted molar refractivity (Wildman–Crippen MR) is 169 cm³/mol. The first-order valence-electron chi connectivity index (χ1n) is 14.9. The highest BCUT2D eigenvalue weighted by Crippen LogP contribution is 2.15. The molecule has 0 saturated carbocycles. The van der Waals surface area contributed by atoms with E-state index in [4.69, 9.17) is 4.74 Å². The van der Waals surface area contributed by atoms with E-state index in [-0.39, 0.29) is 17.7 Å². The lowest BCUT2D eigenvalue weighted by Crippen LogP contribution is -2.58. The molecule has 254 valence electrons. The van der Waals surface area contributed by atoms with Crippen molar-refractivity contribution in [1.29, 1.82) is 0 Å². The maximum Gasteiger partial charge on any atom is 0.339 e. The molecule has 0 aliphatic heterocycles. The molecule has 4 amide bonds. The molecule has 2 rings (SSSR count). The van der Waals surface area contributed by atoms with Crippen LogP contribution < -0.4 is 21.3 Å². The fourth-order valence-electron chi connectivity index (χ4n) is 4.64. The number of Topliss-reactive ketones (excluding diaryl/α,β-unsaturated/α-hetero) is 1. The number of ketones is 1. The Bertz CT molecular complexity index is 1470. The van der Waals surface area contributed by atoms with Crippen LogP contribution in [0.15, 0.2) is 42.5 Å². The molecule has 0 aromatic heterocycles. The maximum absolute atomic E-state index is 13.2. The minimum absolute atomic E-state index is 0.0271. The molecule has 6 N–H and O–H groups in total. The van der Waals surface area contributed by atoms with Crippen LogP contribution >= 0.6 is 0 Å². The number of hydrogen-bond acceptors (Lipinski definition) is 9. The van der Waals surface area contributed by atoms with Crippen molar-refractivity contribution in [2.45, 2.75) is 78.6 Å². The average molecular weight is 655 g/mol. The Kier molecular flexibility index (Phi) is 14.1. The predicted octanol–water partition coefficient (Wildman–Crippen LogP) is 1.09. The zero-order valence-electron chi connectivity index (χ0n) is 27.2. The van der Waals surface area contributed by atoms with E-state index in [2.05, 4.69) is 21.3 Å². The largest absolute Gasteiger partial charge is 0.508 e. The highest BCUT2D eigenvalue weighted by molar-refractivity contribution is 5.98. The molecule has 14 nitrogen and oxygen atoms in total. The Morgan fingerprint density at radius 3 is 1.89 bits per heavy atom. The summed E-state index contributed by atoms with van der Waals surface area (Å²) in [5.41, 5.74) is 2.16. The number of rotatable bonds is 16. The van der Waals surface area contributed by atoms with Gasteiger partial charge in [0.05, 0.1) is 12.0 Å². The number of phenols is 1. The number of nitrogens with one attached hydrogen (secondary N) is 4. The number of ether oxygens (including phenoxy) is 1. The number of esters is 1. The van der Waals surface area contributed by atoms with Gasteiger partial charge in [-0.05, 0) is 55.5 Å².